The van der Waals surface area contributed by atoms with Gasteiger partial charge in [0.15, 0.2) is 5.78 Å². The van der Waals surface area contributed by atoms with Gasteiger partial charge < -0.3 is 5.32 Å². The van der Waals surface area contributed by atoms with Gasteiger partial charge in [0.25, 0.3) is 5.91 Å². The zero-order chi connectivity index (χ0) is 15.6. The summed E-state index contributed by atoms with van der Waals surface area (Å²) in [5.41, 5.74) is -1.55. The van der Waals surface area contributed by atoms with Crippen LogP contribution in [0.4, 0.5) is 17.6 Å². The number of benzene rings is 1. The number of rotatable bonds is 2. The third kappa shape index (κ3) is 3.56. The molecule has 0 saturated heterocycles. The molecule has 21 heavy (non-hydrogen) atoms. The molecule has 7 heteroatoms. The zero-order valence-electron chi connectivity index (χ0n) is 10.5. The van der Waals surface area contributed by atoms with Crippen LogP contribution >= 0.6 is 0 Å². The van der Waals surface area contributed by atoms with Crippen molar-refractivity contribution in [2.24, 2.45) is 0 Å². The summed E-state index contributed by atoms with van der Waals surface area (Å²) in [5, 5.41) is 2.26. The van der Waals surface area contributed by atoms with Crippen LogP contribution in [-0.4, -0.2) is 11.7 Å². The number of hydrogen-bond acceptors (Lipinski definition) is 2. The van der Waals surface area contributed by atoms with Gasteiger partial charge in [0.05, 0.1) is 11.1 Å². The van der Waals surface area contributed by atoms with Crippen molar-refractivity contribution in [2.45, 2.75) is 12.6 Å². The van der Waals surface area contributed by atoms with E-state index in [-0.39, 0.29) is 24.0 Å². The fraction of sp³-hybridized carbons (Fsp3) is 0.143. The fourth-order valence-corrected chi connectivity index (χ4v) is 1.73. The van der Waals surface area contributed by atoms with Crippen molar-refractivity contribution < 1.29 is 27.2 Å². The van der Waals surface area contributed by atoms with E-state index >= 15 is 0 Å². The predicted octanol–water partition coefficient (Wildman–Crippen LogP) is 2.99. The van der Waals surface area contributed by atoms with Crippen LogP contribution in [0.5, 0.6) is 0 Å². The van der Waals surface area contributed by atoms with Gasteiger partial charge in [-0.25, -0.2) is 4.39 Å². The maximum Gasteiger partial charge on any atom is 0.416 e. The highest BCUT2D eigenvalue weighted by molar-refractivity contribution is 5.98. The van der Waals surface area contributed by atoms with Crippen molar-refractivity contribution in [3.05, 3.63) is 59.1 Å². The minimum absolute atomic E-state index is 0.163. The second kappa shape index (κ2) is 5.51. The third-order valence-corrected chi connectivity index (χ3v) is 2.73. The molecule has 110 valence electrons. The number of carbonyl (C=O) groups is 2. The molecule has 0 spiro atoms. The lowest BCUT2D eigenvalue weighted by Gasteiger charge is -2.11. The van der Waals surface area contributed by atoms with Crippen LogP contribution in [0.2, 0.25) is 0 Å². The van der Waals surface area contributed by atoms with Gasteiger partial charge >= 0.3 is 6.18 Å². The third-order valence-electron chi connectivity index (χ3n) is 2.73. The minimum Gasteiger partial charge on any atom is -0.322 e. The molecule has 0 heterocycles. The van der Waals surface area contributed by atoms with Crippen molar-refractivity contribution in [3.8, 4) is 0 Å². The van der Waals surface area contributed by atoms with E-state index in [1.54, 1.807) is 0 Å². The highest BCUT2D eigenvalue weighted by Gasteiger charge is 2.31. The molecule has 0 fully saturated rings. The van der Waals surface area contributed by atoms with Crippen LogP contribution in [0, 0.1) is 5.82 Å². The molecule has 1 aliphatic rings. The summed E-state index contributed by atoms with van der Waals surface area (Å²) < 4.78 is 50.8. The number of carbonyl (C=O) groups excluding carboxylic acids is 2. The number of hydrogen-bond donors (Lipinski definition) is 1. The van der Waals surface area contributed by atoms with E-state index in [1.807, 2.05) is 0 Å². The van der Waals surface area contributed by atoms with Crippen LogP contribution in [0.15, 0.2) is 42.1 Å². The van der Waals surface area contributed by atoms with Crippen molar-refractivity contribution >= 4 is 11.7 Å². The van der Waals surface area contributed by atoms with Gasteiger partial charge in [-0.1, -0.05) is 6.08 Å². The summed E-state index contributed by atoms with van der Waals surface area (Å²) in [6.45, 7) is 0. The van der Waals surface area contributed by atoms with E-state index in [0.29, 0.717) is 6.07 Å². The highest BCUT2D eigenvalue weighted by atomic mass is 19.4. The summed E-state index contributed by atoms with van der Waals surface area (Å²) in [6.07, 6.45) is -0.340. The second-order valence-corrected chi connectivity index (χ2v) is 4.32. The first kappa shape index (κ1) is 15.0. The van der Waals surface area contributed by atoms with Gasteiger partial charge in [0.2, 0.25) is 0 Å². The number of allylic oxidation sites excluding steroid dienone is 3. The normalized spacial score (nSPS) is 14.9. The average Bonchev–Trinajstić information content (AvgIpc) is 2.37. The molecule has 0 saturated carbocycles. The number of halogens is 4. The molecule has 0 aromatic heterocycles. The molecule has 0 aliphatic heterocycles. The second-order valence-electron chi connectivity index (χ2n) is 4.32. The van der Waals surface area contributed by atoms with Gasteiger partial charge in [-0.05, 0) is 24.3 Å². The topological polar surface area (TPSA) is 46.2 Å². The first-order valence-corrected chi connectivity index (χ1v) is 5.86. The Balaban J connectivity index is 2.20. The molecule has 0 unspecified atom stereocenters. The van der Waals surface area contributed by atoms with Gasteiger partial charge in [-0.15, -0.1) is 0 Å². The molecule has 1 aromatic rings. The molecular weight excluding hydrogens is 290 g/mol. The molecule has 0 bridgehead atoms. The van der Waals surface area contributed by atoms with Crippen LogP contribution in [-0.2, 0) is 11.0 Å². The monoisotopic (exact) mass is 299 g/mol. The first-order valence-electron chi connectivity index (χ1n) is 5.86. The lowest BCUT2D eigenvalue weighted by Crippen LogP contribution is -2.24. The molecule has 0 radical (unpaired) electrons. The summed E-state index contributed by atoms with van der Waals surface area (Å²) in [6, 6.07) is 1.63. The molecule has 1 aromatic carbocycles. The maximum atomic E-state index is 13.6. The Hall–Kier alpha value is -2.44. The first-order chi connectivity index (χ1) is 9.77. The van der Waals surface area contributed by atoms with Crippen molar-refractivity contribution in [1.29, 1.82) is 0 Å². The highest BCUT2D eigenvalue weighted by Crippen LogP contribution is 2.30. The van der Waals surface area contributed by atoms with Gasteiger partial charge in [0, 0.05) is 18.2 Å². The van der Waals surface area contributed by atoms with E-state index in [4.69, 9.17) is 0 Å². The smallest absolute Gasteiger partial charge is 0.322 e. The van der Waals surface area contributed by atoms with E-state index in [9.17, 15) is 27.2 Å². The van der Waals surface area contributed by atoms with Crippen molar-refractivity contribution in [3.63, 3.8) is 0 Å². The average molecular weight is 299 g/mol. The lowest BCUT2D eigenvalue weighted by atomic mass is 10.1. The van der Waals surface area contributed by atoms with Gasteiger partial charge in [-0.2, -0.15) is 13.2 Å². The van der Waals surface area contributed by atoms with E-state index in [2.05, 4.69) is 5.32 Å². The summed E-state index contributed by atoms with van der Waals surface area (Å²) in [7, 11) is 0. The van der Waals surface area contributed by atoms with E-state index in [1.165, 1.54) is 18.2 Å². The summed E-state index contributed by atoms with van der Waals surface area (Å²) in [4.78, 5) is 22.9. The SMILES string of the molecule is O=C1C=C(NC(=O)c2ccc(C(F)(F)F)cc2F)C=CC1. The maximum absolute atomic E-state index is 13.6. The molecule has 1 amide bonds. The van der Waals surface area contributed by atoms with Crippen LogP contribution in [0.3, 0.4) is 0 Å². The van der Waals surface area contributed by atoms with Crippen LogP contribution in [0.25, 0.3) is 0 Å². The van der Waals surface area contributed by atoms with Gasteiger partial charge in [-0.3, -0.25) is 9.59 Å². The Kier molecular flexibility index (Phi) is 3.93. The predicted molar refractivity (Wildman–Crippen MR) is 65.7 cm³/mol. The minimum atomic E-state index is -4.68. The Bertz CT molecular complexity index is 659. The largest absolute Gasteiger partial charge is 0.416 e. The van der Waals surface area contributed by atoms with Crippen molar-refractivity contribution in [1.82, 2.24) is 5.32 Å². The number of amides is 1. The van der Waals surface area contributed by atoms with E-state index < -0.39 is 29.0 Å². The van der Waals surface area contributed by atoms with Crippen molar-refractivity contribution in [2.75, 3.05) is 0 Å². The molecule has 3 nitrogen and oxygen atoms in total. The molecule has 1 aliphatic carbocycles. The number of nitrogens with one attached hydrogen (secondary N) is 1. The number of ketones is 1. The molecule has 0 atom stereocenters. The standard InChI is InChI=1S/C14H9F4NO2/c15-12-6-8(14(16,17)18)4-5-11(12)13(21)19-9-2-1-3-10(20)7-9/h1-2,4-7H,3H2,(H,19,21). The molecule has 1 N–H and O–H groups in total. The number of alkyl halides is 3. The van der Waals surface area contributed by atoms with Crippen LogP contribution in [0.1, 0.15) is 22.3 Å². The van der Waals surface area contributed by atoms with E-state index in [0.717, 1.165) is 6.07 Å². The Morgan fingerprint density at radius 2 is 1.95 bits per heavy atom. The lowest BCUT2D eigenvalue weighted by molar-refractivity contribution is -0.137. The summed E-state index contributed by atoms with van der Waals surface area (Å²) in [5.74, 6) is -2.44. The quantitative estimate of drug-likeness (QED) is 0.853. The van der Waals surface area contributed by atoms with Gasteiger partial charge in [0.1, 0.15) is 5.82 Å². The molecule has 2 rings (SSSR count). The summed E-state index contributed by atoms with van der Waals surface area (Å²) >= 11 is 0. The Morgan fingerprint density at radius 3 is 2.52 bits per heavy atom. The Morgan fingerprint density at radius 1 is 1.24 bits per heavy atom. The molecular formula is C14H9F4NO2. The zero-order valence-corrected chi connectivity index (χ0v) is 10.5. The fourth-order valence-electron chi connectivity index (χ4n) is 1.73. The Labute approximate surface area is 117 Å². The van der Waals surface area contributed by atoms with Crippen LogP contribution < -0.4 is 5.32 Å².